The highest BCUT2D eigenvalue weighted by molar-refractivity contribution is 4.98. The fourth-order valence-electron chi connectivity index (χ4n) is 3.05. The van der Waals surface area contributed by atoms with Gasteiger partial charge in [0.05, 0.1) is 0 Å². The minimum atomic E-state index is 0.936. The van der Waals surface area contributed by atoms with Crippen LogP contribution < -0.4 is 5.32 Å². The molecule has 2 atom stereocenters. The molecular weight excluding hydrogens is 184 g/mol. The molecule has 0 aromatic rings. The monoisotopic (exact) mass is 208 g/mol. The molecule has 0 heterocycles. The van der Waals surface area contributed by atoms with Crippen LogP contribution >= 0.6 is 0 Å². The van der Waals surface area contributed by atoms with E-state index in [1.54, 1.807) is 0 Å². The van der Waals surface area contributed by atoms with Gasteiger partial charge in [0.2, 0.25) is 0 Å². The first-order valence-corrected chi connectivity index (χ1v) is 6.79. The molecule has 0 aliphatic heterocycles. The van der Waals surface area contributed by atoms with Crippen molar-refractivity contribution in [2.24, 2.45) is 11.8 Å². The van der Waals surface area contributed by atoms with Gasteiger partial charge in [0, 0.05) is 18.6 Å². The van der Waals surface area contributed by atoms with Crippen LogP contribution in [0.2, 0.25) is 0 Å². The van der Waals surface area contributed by atoms with Crippen molar-refractivity contribution in [2.45, 2.75) is 50.6 Å². The Morgan fingerprint density at radius 3 is 2.33 bits per heavy atom. The van der Waals surface area contributed by atoms with Crippen molar-refractivity contribution >= 4 is 0 Å². The summed E-state index contributed by atoms with van der Waals surface area (Å²) in [4.78, 5) is 2.88. The number of hydrogen-bond donors (Lipinski definition) is 1. The van der Waals surface area contributed by atoms with Crippen LogP contribution in [-0.4, -0.2) is 37.1 Å². The average molecular weight is 208 g/mol. The van der Waals surface area contributed by atoms with E-state index >= 15 is 0 Å². The lowest BCUT2D eigenvalue weighted by Gasteiger charge is -2.45. The van der Waals surface area contributed by atoms with Gasteiger partial charge in [0.25, 0.3) is 0 Å². The minimum Gasteiger partial charge on any atom is -0.319 e. The Balaban J connectivity index is 1.56. The zero-order valence-corrected chi connectivity index (χ0v) is 9.91. The van der Waals surface area contributed by atoms with Crippen LogP contribution in [0.5, 0.6) is 0 Å². The van der Waals surface area contributed by atoms with Crippen LogP contribution in [0.25, 0.3) is 0 Å². The fourth-order valence-corrected chi connectivity index (χ4v) is 3.05. The Morgan fingerprint density at radius 2 is 1.87 bits per heavy atom. The van der Waals surface area contributed by atoms with Gasteiger partial charge in [-0.25, -0.2) is 0 Å². The van der Waals surface area contributed by atoms with Gasteiger partial charge in [0.15, 0.2) is 0 Å². The molecule has 0 spiro atoms. The summed E-state index contributed by atoms with van der Waals surface area (Å²) in [6.07, 6.45) is 8.90. The average Bonchev–Trinajstić information content (AvgIpc) is 2.98. The molecule has 3 aliphatic rings. The molecule has 3 aliphatic carbocycles. The highest BCUT2D eigenvalue weighted by atomic mass is 15.2. The summed E-state index contributed by atoms with van der Waals surface area (Å²) in [5, 5.41) is 3.36. The molecule has 15 heavy (non-hydrogen) atoms. The molecule has 2 heteroatoms. The lowest BCUT2D eigenvalue weighted by atomic mass is 9.78. The molecule has 1 N–H and O–H groups in total. The summed E-state index contributed by atoms with van der Waals surface area (Å²) in [6.45, 7) is 2.66. The van der Waals surface area contributed by atoms with Gasteiger partial charge < -0.3 is 5.32 Å². The third kappa shape index (κ3) is 2.21. The third-order valence-corrected chi connectivity index (χ3v) is 4.45. The van der Waals surface area contributed by atoms with Crippen molar-refractivity contribution in [3.05, 3.63) is 0 Å². The van der Waals surface area contributed by atoms with Crippen molar-refractivity contribution in [3.63, 3.8) is 0 Å². The summed E-state index contributed by atoms with van der Waals surface area (Å²) >= 11 is 0. The molecule has 3 saturated carbocycles. The maximum absolute atomic E-state index is 3.36. The molecule has 2 nitrogen and oxygen atoms in total. The Bertz CT molecular complexity index is 221. The largest absolute Gasteiger partial charge is 0.319 e. The number of nitrogens with one attached hydrogen (secondary N) is 1. The van der Waals surface area contributed by atoms with E-state index in [2.05, 4.69) is 17.3 Å². The fraction of sp³-hybridized carbons (Fsp3) is 1.00. The molecule has 3 rings (SSSR count). The van der Waals surface area contributed by atoms with E-state index in [0.717, 1.165) is 23.9 Å². The van der Waals surface area contributed by atoms with E-state index in [-0.39, 0.29) is 0 Å². The quantitative estimate of drug-likeness (QED) is 0.717. The van der Waals surface area contributed by atoms with Crippen LogP contribution in [0.15, 0.2) is 0 Å². The minimum absolute atomic E-state index is 0.936. The van der Waals surface area contributed by atoms with Crippen LogP contribution in [0.4, 0.5) is 0 Å². The van der Waals surface area contributed by atoms with Crippen LogP contribution in [0.1, 0.15) is 38.5 Å². The Kier molecular flexibility index (Phi) is 2.73. The molecule has 0 saturated heterocycles. The van der Waals surface area contributed by atoms with Crippen LogP contribution in [-0.2, 0) is 0 Å². The molecule has 0 amide bonds. The molecule has 0 aromatic carbocycles. The van der Waals surface area contributed by atoms with Crippen molar-refractivity contribution in [1.29, 1.82) is 0 Å². The van der Waals surface area contributed by atoms with E-state index in [0.29, 0.717) is 0 Å². The normalized spacial score (nSPS) is 35.6. The van der Waals surface area contributed by atoms with E-state index < -0.39 is 0 Å². The van der Waals surface area contributed by atoms with Gasteiger partial charge in [-0.3, -0.25) is 4.90 Å². The topological polar surface area (TPSA) is 15.3 Å². The van der Waals surface area contributed by atoms with Gasteiger partial charge in [-0.15, -0.1) is 0 Å². The second-order valence-electron chi connectivity index (χ2n) is 5.83. The first kappa shape index (κ1) is 10.1. The predicted molar refractivity (Wildman–Crippen MR) is 62.9 cm³/mol. The summed E-state index contributed by atoms with van der Waals surface area (Å²) in [6, 6.07) is 1.92. The Morgan fingerprint density at radius 1 is 1.07 bits per heavy atom. The molecule has 0 aromatic heterocycles. The zero-order chi connectivity index (χ0) is 10.3. The molecule has 86 valence electrons. The first-order valence-electron chi connectivity index (χ1n) is 6.79. The summed E-state index contributed by atoms with van der Waals surface area (Å²) in [7, 11) is 2.09. The lowest BCUT2D eigenvalue weighted by Crippen LogP contribution is -2.51. The van der Waals surface area contributed by atoms with Crippen LogP contribution in [0.3, 0.4) is 0 Å². The number of rotatable bonds is 6. The highest BCUT2D eigenvalue weighted by Gasteiger charge is 2.43. The number of nitrogens with zero attached hydrogens (tertiary/aromatic N) is 1. The van der Waals surface area contributed by atoms with Gasteiger partial charge in [-0.05, 0) is 64.0 Å². The van der Waals surface area contributed by atoms with E-state index in [1.807, 2.05) is 0 Å². The molecule has 2 unspecified atom stereocenters. The molecular formula is C13H24N2. The van der Waals surface area contributed by atoms with Crippen molar-refractivity contribution < 1.29 is 0 Å². The van der Waals surface area contributed by atoms with E-state index in [1.165, 1.54) is 51.6 Å². The highest BCUT2D eigenvalue weighted by Crippen LogP contribution is 2.42. The Labute approximate surface area is 93.4 Å². The summed E-state index contributed by atoms with van der Waals surface area (Å²) < 4.78 is 0. The second-order valence-corrected chi connectivity index (χ2v) is 5.83. The summed E-state index contributed by atoms with van der Waals surface area (Å²) in [5.41, 5.74) is 0. The second kappa shape index (κ2) is 4.06. The summed E-state index contributed by atoms with van der Waals surface area (Å²) in [5.74, 6) is 2.02. The van der Waals surface area contributed by atoms with Crippen molar-refractivity contribution in [2.75, 3.05) is 20.1 Å². The van der Waals surface area contributed by atoms with Gasteiger partial charge in [-0.2, -0.15) is 0 Å². The lowest BCUT2D eigenvalue weighted by molar-refractivity contribution is 0.0520. The smallest absolute Gasteiger partial charge is 0.0139 e. The molecule has 0 radical (unpaired) electrons. The Hall–Kier alpha value is -0.0800. The van der Waals surface area contributed by atoms with Gasteiger partial charge >= 0.3 is 0 Å². The van der Waals surface area contributed by atoms with Crippen molar-refractivity contribution in [3.8, 4) is 0 Å². The SMILES string of the molecule is CNCC1CCC1N(CC1CC1)C1CC1. The maximum Gasteiger partial charge on any atom is 0.0139 e. The maximum atomic E-state index is 3.36. The van der Waals surface area contributed by atoms with E-state index in [9.17, 15) is 0 Å². The number of hydrogen-bond acceptors (Lipinski definition) is 2. The molecule has 3 fully saturated rings. The van der Waals surface area contributed by atoms with Gasteiger partial charge in [-0.1, -0.05) is 0 Å². The third-order valence-electron chi connectivity index (χ3n) is 4.45. The standard InChI is InChI=1S/C13H24N2/c1-14-8-11-4-7-13(11)15(12-5-6-12)9-10-2-3-10/h10-14H,2-9H2,1H3. The predicted octanol–water partition coefficient (Wildman–Crippen LogP) is 1.86. The zero-order valence-electron chi connectivity index (χ0n) is 9.91. The molecule has 0 bridgehead atoms. The van der Waals surface area contributed by atoms with E-state index in [4.69, 9.17) is 0 Å². The first-order chi connectivity index (χ1) is 7.38. The van der Waals surface area contributed by atoms with Crippen LogP contribution in [0, 0.1) is 11.8 Å². The van der Waals surface area contributed by atoms with Crippen molar-refractivity contribution in [1.82, 2.24) is 10.2 Å². The van der Waals surface area contributed by atoms with Gasteiger partial charge in [0.1, 0.15) is 0 Å².